The standard InChI is InChI=1S/C12H16NO8/c1-6(14)18-5-10-12(21-8(3)16)11(20-7(2)15)9(13-17)4-19-10/h4,10-12,17H,5H2,1-3H3/t10-,11-,12+/m1/s1. The van der Waals surface area contributed by atoms with Gasteiger partial charge in [0, 0.05) is 20.8 Å². The number of oxime groups is 1. The fourth-order valence-electron chi connectivity index (χ4n) is 1.71. The SMILES string of the molecule is CC(=O)OC[C@H]1O[CH]C(=NO)[C@@H](OC(C)=O)[C@H]1OC(C)=O. The van der Waals surface area contributed by atoms with Crippen molar-refractivity contribution in [3.8, 4) is 0 Å². The second-order valence-corrected chi connectivity index (χ2v) is 4.22. The fourth-order valence-corrected chi connectivity index (χ4v) is 1.71. The van der Waals surface area contributed by atoms with Crippen molar-refractivity contribution in [1.82, 2.24) is 0 Å². The van der Waals surface area contributed by atoms with Crippen molar-refractivity contribution in [2.45, 2.75) is 39.1 Å². The summed E-state index contributed by atoms with van der Waals surface area (Å²) < 4.78 is 20.0. The van der Waals surface area contributed by atoms with Gasteiger partial charge >= 0.3 is 17.9 Å². The molecule has 1 rings (SSSR count). The molecule has 1 heterocycles. The minimum atomic E-state index is -1.16. The number of carbonyl (C=O) groups is 3. The number of ether oxygens (including phenoxy) is 4. The molecule has 0 saturated carbocycles. The second-order valence-electron chi connectivity index (χ2n) is 4.22. The van der Waals surface area contributed by atoms with E-state index in [1.165, 1.54) is 6.92 Å². The molecule has 0 aromatic rings. The Morgan fingerprint density at radius 1 is 1.19 bits per heavy atom. The number of nitrogens with zero attached hydrogens (tertiary/aromatic N) is 1. The van der Waals surface area contributed by atoms with E-state index in [9.17, 15) is 14.4 Å². The maximum Gasteiger partial charge on any atom is 0.303 e. The van der Waals surface area contributed by atoms with Crippen molar-refractivity contribution in [2.75, 3.05) is 6.61 Å². The summed E-state index contributed by atoms with van der Waals surface area (Å²) in [6.45, 7) is 4.33. The highest BCUT2D eigenvalue weighted by molar-refractivity contribution is 5.97. The van der Waals surface area contributed by atoms with Crippen LogP contribution in [-0.2, 0) is 33.3 Å². The van der Waals surface area contributed by atoms with Gasteiger partial charge in [0.25, 0.3) is 0 Å². The zero-order chi connectivity index (χ0) is 16.0. The van der Waals surface area contributed by atoms with Crippen LogP contribution >= 0.6 is 0 Å². The first-order chi connectivity index (χ1) is 9.85. The Bertz CT molecular complexity index is 447. The van der Waals surface area contributed by atoms with Crippen LogP contribution in [0.2, 0.25) is 0 Å². The number of rotatable bonds is 4. The molecule has 0 bridgehead atoms. The molecule has 0 aromatic carbocycles. The molecule has 1 aliphatic heterocycles. The predicted octanol–water partition coefficient (Wildman–Crippen LogP) is -0.196. The minimum absolute atomic E-state index is 0.129. The topological polar surface area (TPSA) is 121 Å². The molecule has 0 unspecified atom stereocenters. The fraction of sp³-hybridized carbons (Fsp3) is 0.583. The van der Waals surface area contributed by atoms with Gasteiger partial charge in [-0.25, -0.2) is 0 Å². The molecule has 0 aliphatic carbocycles. The van der Waals surface area contributed by atoms with Gasteiger partial charge < -0.3 is 24.2 Å². The van der Waals surface area contributed by atoms with Crippen LogP contribution in [0.1, 0.15) is 20.8 Å². The van der Waals surface area contributed by atoms with E-state index in [2.05, 4.69) is 5.16 Å². The summed E-state index contributed by atoms with van der Waals surface area (Å²) in [7, 11) is 0. The molecular formula is C12H16NO8. The summed E-state index contributed by atoms with van der Waals surface area (Å²) in [6.07, 6.45) is -3.17. The molecule has 9 heteroatoms. The van der Waals surface area contributed by atoms with Crippen LogP contribution in [0.25, 0.3) is 0 Å². The van der Waals surface area contributed by atoms with Gasteiger partial charge in [0.15, 0.2) is 12.2 Å². The number of hydrogen-bond acceptors (Lipinski definition) is 9. The highest BCUT2D eigenvalue weighted by Crippen LogP contribution is 2.23. The van der Waals surface area contributed by atoms with Crippen molar-refractivity contribution in [1.29, 1.82) is 0 Å². The average Bonchev–Trinajstić information content (AvgIpc) is 2.37. The maximum atomic E-state index is 11.2. The van der Waals surface area contributed by atoms with Crippen molar-refractivity contribution < 1.29 is 38.5 Å². The van der Waals surface area contributed by atoms with E-state index >= 15 is 0 Å². The third-order valence-corrected chi connectivity index (χ3v) is 2.48. The van der Waals surface area contributed by atoms with Gasteiger partial charge in [-0.3, -0.25) is 14.4 Å². The molecule has 0 amide bonds. The van der Waals surface area contributed by atoms with Crippen molar-refractivity contribution in [3.63, 3.8) is 0 Å². The largest absolute Gasteiger partial charge is 0.463 e. The van der Waals surface area contributed by atoms with E-state index in [0.717, 1.165) is 20.5 Å². The van der Waals surface area contributed by atoms with Crippen LogP contribution in [0, 0.1) is 6.61 Å². The maximum absolute atomic E-state index is 11.2. The Kier molecular flexibility index (Phi) is 6.10. The van der Waals surface area contributed by atoms with Crippen LogP contribution in [0.5, 0.6) is 0 Å². The number of esters is 3. The zero-order valence-corrected chi connectivity index (χ0v) is 11.8. The Morgan fingerprint density at radius 3 is 2.29 bits per heavy atom. The number of hydrogen-bond donors (Lipinski definition) is 1. The predicted molar refractivity (Wildman–Crippen MR) is 66.1 cm³/mol. The Balaban J connectivity index is 2.95. The summed E-state index contributed by atoms with van der Waals surface area (Å²) >= 11 is 0. The summed E-state index contributed by atoms with van der Waals surface area (Å²) in [5.41, 5.74) is -0.129. The smallest absolute Gasteiger partial charge is 0.303 e. The molecule has 117 valence electrons. The van der Waals surface area contributed by atoms with Crippen LogP contribution < -0.4 is 0 Å². The summed E-state index contributed by atoms with van der Waals surface area (Å²) in [4.78, 5) is 33.2. The first kappa shape index (κ1) is 16.9. The monoisotopic (exact) mass is 302 g/mol. The number of carbonyl (C=O) groups excluding carboxylic acids is 3. The van der Waals surface area contributed by atoms with E-state index < -0.39 is 36.2 Å². The summed E-state index contributed by atoms with van der Waals surface area (Å²) in [6, 6.07) is 0. The Morgan fingerprint density at radius 2 is 1.81 bits per heavy atom. The van der Waals surface area contributed by atoms with Gasteiger partial charge in [-0.05, 0) is 0 Å². The van der Waals surface area contributed by atoms with Gasteiger partial charge in [-0.1, -0.05) is 5.16 Å². The van der Waals surface area contributed by atoms with Crippen molar-refractivity contribution >= 4 is 23.6 Å². The molecule has 1 saturated heterocycles. The third kappa shape index (κ3) is 5.03. The first-order valence-corrected chi connectivity index (χ1v) is 6.03. The van der Waals surface area contributed by atoms with Gasteiger partial charge in [-0.2, -0.15) is 0 Å². The van der Waals surface area contributed by atoms with E-state index in [-0.39, 0.29) is 12.3 Å². The quantitative estimate of drug-likeness (QED) is 0.328. The third-order valence-electron chi connectivity index (χ3n) is 2.48. The molecule has 0 spiro atoms. The Labute approximate surface area is 120 Å². The lowest BCUT2D eigenvalue weighted by atomic mass is 10.0. The van der Waals surface area contributed by atoms with E-state index in [4.69, 9.17) is 24.2 Å². The van der Waals surface area contributed by atoms with Gasteiger partial charge in [0.05, 0.1) is 0 Å². The highest BCUT2D eigenvalue weighted by Gasteiger charge is 2.44. The lowest BCUT2D eigenvalue weighted by Crippen LogP contribution is -2.54. The molecule has 1 aliphatic rings. The zero-order valence-electron chi connectivity index (χ0n) is 11.8. The lowest BCUT2D eigenvalue weighted by Gasteiger charge is -2.35. The Hall–Kier alpha value is -2.16. The average molecular weight is 302 g/mol. The normalized spacial score (nSPS) is 27.0. The molecule has 1 fully saturated rings. The van der Waals surface area contributed by atoms with E-state index in [1.54, 1.807) is 0 Å². The van der Waals surface area contributed by atoms with Gasteiger partial charge in [-0.15, -0.1) is 0 Å². The van der Waals surface area contributed by atoms with Crippen LogP contribution in [0.4, 0.5) is 0 Å². The highest BCUT2D eigenvalue weighted by atomic mass is 16.6. The van der Waals surface area contributed by atoms with E-state index in [0.29, 0.717) is 0 Å². The summed E-state index contributed by atoms with van der Waals surface area (Å²) in [5.74, 6) is -1.88. The molecule has 1 radical (unpaired) electrons. The second kappa shape index (κ2) is 7.58. The molecule has 9 nitrogen and oxygen atoms in total. The van der Waals surface area contributed by atoms with Crippen LogP contribution in [0.3, 0.4) is 0 Å². The molecule has 21 heavy (non-hydrogen) atoms. The van der Waals surface area contributed by atoms with Crippen LogP contribution in [-0.4, -0.2) is 53.7 Å². The molecule has 0 aromatic heterocycles. The van der Waals surface area contributed by atoms with Gasteiger partial charge in [0.2, 0.25) is 0 Å². The minimum Gasteiger partial charge on any atom is -0.463 e. The van der Waals surface area contributed by atoms with Crippen LogP contribution in [0.15, 0.2) is 5.16 Å². The molecular weight excluding hydrogens is 286 g/mol. The van der Waals surface area contributed by atoms with E-state index in [1.807, 2.05) is 0 Å². The lowest BCUT2D eigenvalue weighted by molar-refractivity contribution is -0.178. The van der Waals surface area contributed by atoms with Crippen molar-refractivity contribution in [3.05, 3.63) is 6.61 Å². The summed E-state index contributed by atoms with van der Waals surface area (Å²) in [5, 5.41) is 11.8. The molecule has 3 atom stereocenters. The first-order valence-electron chi connectivity index (χ1n) is 6.03. The van der Waals surface area contributed by atoms with Crippen molar-refractivity contribution in [2.24, 2.45) is 5.16 Å². The van der Waals surface area contributed by atoms with Gasteiger partial charge in [0.1, 0.15) is 25.0 Å². The molecule has 1 N–H and O–H groups in total.